The minimum atomic E-state index is -0.154. The van der Waals surface area contributed by atoms with Crippen LogP contribution in [-0.2, 0) is 32.8 Å². The van der Waals surface area contributed by atoms with E-state index in [9.17, 15) is 20.4 Å². The molecule has 4 N–H and O–H groups in total. The maximum atomic E-state index is 9.79. The summed E-state index contributed by atoms with van der Waals surface area (Å²) in [5.74, 6) is 4.12. The number of hydrogen-bond acceptors (Lipinski definition) is 10. The average Bonchev–Trinajstić information content (AvgIpc) is 3.36. The molecular formula is C45H56N2O9. The van der Waals surface area contributed by atoms with Gasteiger partial charge in [-0.2, -0.15) is 5.10 Å². The third-order valence-corrected chi connectivity index (χ3v) is 10.1. The topological polar surface area (TPSA) is 154 Å². The van der Waals surface area contributed by atoms with Gasteiger partial charge >= 0.3 is 11.5 Å². The second kappa shape index (κ2) is 19.5. The molecule has 1 aliphatic heterocycles. The summed E-state index contributed by atoms with van der Waals surface area (Å²) in [4.78, 5) is 0. The van der Waals surface area contributed by atoms with Gasteiger partial charge in [-0.15, -0.1) is 5.10 Å². The molecule has 0 fully saturated rings. The van der Waals surface area contributed by atoms with Gasteiger partial charge < -0.3 is 46.8 Å². The fourth-order valence-electron chi connectivity index (χ4n) is 7.20. The Morgan fingerprint density at radius 2 is 1.12 bits per heavy atom. The molecule has 0 saturated carbocycles. The minimum absolute atomic E-state index is 0. The molecule has 1 unspecified atom stereocenters. The lowest BCUT2D eigenvalue weighted by atomic mass is 9.83. The molecule has 0 saturated heterocycles. The molecule has 56 heavy (non-hydrogen) atoms. The van der Waals surface area contributed by atoms with Crippen LogP contribution in [0.25, 0.3) is 22.1 Å². The fourth-order valence-corrected chi connectivity index (χ4v) is 7.20. The third kappa shape index (κ3) is 8.56. The maximum absolute atomic E-state index is 9.79. The number of ether oxygens (including phenoxy) is 4. The molecule has 0 radical (unpaired) electrons. The predicted octanol–water partition coefficient (Wildman–Crippen LogP) is 8.36. The molecule has 2 heterocycles. The molecule has 0 spiro atoms. The first-order chi connectivity index (χ1) is 26.6. The van der Waals surface area contributed by atoms with Gasteiger partial charge in [-0.25, -0.2) is 4.42 Å². The number of aryl methyl sites for hydroxylation is 2. The van der Waals surface area contributed by atoms with Crippen LogP contribution in [0.1, 0.15) is 84.8 Å². The van der Waals surface area contributed by atoms with Crippen LogP contribution in [0, 0.1) is 14.4 Å². The van der Waals surface area contributed by atoms with Crippen molar-refractivity contribution in [3.63, 3.8) is 0 Å². The molecule has 1 aromatic heterocycles. The molecule has 11 heteroatoms. The van der Waals surface area contributed by atoms with Crippen LogP contribution in [0.3, 0.4) is 0 Å². The smallest absolute Gasteiger partial charge is 0.368 e. The molecule has 0 amide bonds. The summed E-state index contributed by atoms with van der Waals surface area (Å²) in [5.41, 5.74) is 9.17. The van der Waals surface area contributed by atoms with Crippen molar-refractivity contribution >= 4 is 22.2 Å². The monoisotopic (exact) mass is 768 g/mol. The molecule has 0 aliphatic carbocycles. The maximum Gasteiger partial charge on any atom is 0.368 e. The summed E-state index contributed by atoms with van der Waals surface area (Å²) in [7, 11) is 6.39. The van der Waals surface area contributed by atoms with E-state index in [4.69, 9.17) is 23.4 Å². The van der Waals surface area contributed by atoms with Crippen LogP contribution < -0.4 is 18.9 Å². The second-order valence-corrected chi connectivity index (χ2v) is 13.1. The Bertz CT molecular complexity index is 2240. The summed E-state index contributed by atoms with van der Waals surface area (Å²) in [5, 5.41) is 49.9. The van der Waals surface area contributed by atoms with Crippen molar-refractivity contribution in [1.82, 2.24) is 0 Å². The summed E-state index contributed by atoms with van der Waals surface area (Å²) < 4.78 is 27.7. The van der Waals surface area contributed by atoms with Gasteiger partial charge in [0.05, 0.1) is 78.3 Å². The SMILES string of the molecule is CCC1C(C)=NN=C(c2ccc(OC)c(OC)c2)c2cc(CO)c(CO)cc21.CCc1c(C)[o+]c(-c2ccc(OC)c(OC)c2)c2cc(CO)c(CO)cc12.[CH3-].[HH]. The summed E-state index contributed by atoms with van der Waals surface area (Å²) in [6.45, 7) is 7.55. The minimum Gasteiger partial charge on any atom is -0.493 e. The van der Waals surface area contributed by atoms with Gasteiger partial charge in [-0.05, 0) is 96.1 Å². The fraction of sp³-hybridized carbons (Fsp3) is 0.333. The molecular weight excluding hydrogens is 713 g/mol. The molecule has 1 aliphatic rings. The Kier molecular flexibility index (Phi) is 15.1. The summed E-state index contributed by atoms with van der Waals surface area (Å²) in [6.07, 6.45) is 1.67. The highest BCUT2D eigenvalue weighted by Crippen LogP contribution is 2.39. The molecule has 0 bridgehead atoms. The van der Waals surface area contributed by atoms with Gasteiger partial charge in [-0.1, -0.05) is 19.9 Å². The van der Waals surface area contributed by atoms with Crippen molar-refractivity contribution in [2.24, 2.45) is 10.2 Å². The lowest BCUT2D eigenvalue weighted by Gasteiger charge is -2.20. The van der Waals surface area contributed by atoms with Crippen LogP contribution in [0.4, 0.5) is 0 Å². The number of aliphatic hydroxyl groups is 4. The molecule has 5 aromatic rings. The van der Waals surface area contributed by atoms with E-state index in [1.165, 1.54) is 0 Å². The normalized spacial score (nSPS) is 13.3. The summed E-state index contributed by atoms with van der Waals surface area (Å²) in [6, 6.07) is 19.0. The molecule has 1 atom stereocenters. The van der Waals surface area contributed by atoms with Crippen LogP contribution in [0.15, 0.2) is 75.3 Å². The zero-order chi connectivity index (χ0) is 39.8. The van der Waals surface area contributed by atoms with E-state index < -0.39 is 0 Å². The largest absolute Gasteiger partial charge is 0.493 e. The number of fused-ring (bicyclic) bond motifs is 2. The van der Waals surface area contributed by atoms with Crippen molar-refractivity contribution in [1.29, 1.82) is 0 Å². The Balaban J connectivity index is 0.000000295. The van der Waals surface area contributed by atoms with Crippen LogP contribution in [0.5, 0.6) is 23.0 Å². The Morgan fingerprint density at radius 3 is 1.64 bits per heavy atom. The van der Waals surface area contributed by atoms with E-state index in [2.05, 4.69) is 24.1 Å². The second-order valence-electron chi connectivity index (χ2n) is 13.1. The van der Waals surface area contributed by atoms with Gasteiger partial charge in [0.15, 0.2) is 23.0 Å². The van der Waals surface area contributed by atoms with Gasteiger partial charge in [0.1, 0.15) is 5.71 Å². The zero-order valence-corrected chi connectivity index (χ0v) is 33.8. The first-order valence-electron chi connectivity index (χ1n) is 18.2. The Morgan fingerprint density at radius 1 is 0.625 bits per heavy atom. The first-order valence-corrected chi connectivity index (χ1v) is 18.2. The summed E-state index contributed by atoms with van der Waals surface area (Å²) >= 11 is 0. The number of methoxy groups -OCH3 is 4. The quantitative estimate of drug-likeness (QED) is 0.0724. The van der Waals surface area contributed by atoms with Gasteiger partial charge in [0.25, 0.3) is 0 Å². The molecule has 4 aromatic carbocycles. The standard InChI is InChI=1S/C22H26N2O4.C22H25O5.CH3.H2/c1-5-17-13(2)23-24-22(14-6-7-20(27-3)21(10-14)28-4)19-9-16(12-26)15(11-25)8-18(17)19;1-5-17-13(2)27-22(14-6-7-20(25-3)21(10-14)26-4)19-9-16(12-24)15(11-23)8-18(17)19;;/h6-10,17,25-26H,5,11-12H2,1-4H3;6-10,23-24H,5,11-12H2,1-4H3;1H3;1H/q;+1;-1;. The lowest BCUT2D eigenvalue weighted by Crippen LogP contribution is -2.14. The van der Waals surface area contributed by atoms with E-state index in [1.54, 1.807) is 28.4 Å². The van der Waals surface area contributed by atoms with E-state index in [1.807, 2.05) is 74.5 Å². The highest BCUT2D eigenvalue weighted by Gasteiger charge is 2.27. The number of hydrogen-bond donors (Lipinski definition) is 4. The number of aliphatic hydroxyl groups excluding tert-OH is 4. The van der Waals surface area contributed by atoms with Crippen molar-refractivity contribution in [3.05, 3.63) is 118 Å². The van der Waals surface area contributed by atoms with Crippen molar-refractivity contribution < 1.29 is 45.2 Å². The Hall–Kier alpha value is -5.33. The zero-order valence-electron chi connectivity index (χ0n) is 33.8. The van der Waals surface area contributed by atoms with Crippen LogP contribution in [0.2, 0.25) is 0 Å². The van der Waals surface area contributed by atoms with Crippen LogP contribution >= 0.6 is 0 Å². The Labute approximate surface area is 331 Å². The molecule has 300 valence electrons. The lowest BCUT2D eigenvalue weighted by molar-refractivity contribution is 0.260. The van der Waals surface area contributed by atoms with E-state index in [0.717, 1.165) is 74.0 Å². The number of benzene rings is 4. The van der Waals surface area contributed by atoms with E-state index in [0.29, 0.717) is 45.6 Å². The number of nitrogens with zero attached hydrogens (tertiary/aromatic N) is 2. The van der Waals surface area contributed by atoms with Gasteiger partial charge in [-0.3, -0.25) is 0 Å². The third-order valence-electron chi connectivity index (χ3n) is 10.1. The van der Waals surface area contributed by atoms with Crippen molar-refractivity contribution in [2.45, 2.75) is 72.9 Å². The van der Waals surface area contributed by atoms with Gasteiger partial charge in [0, 0.05) is 35.6 Å². The van der Waals surface area contributed by atoms with E-state index >= 15 is 0 Å². The predicted molar refractivity (Wildman–Crippen MR) is 223 cm³/mol. The first kappa shape index (κ1) is 43.4. The molecule has 6 rings (SSSR count). The van der Waals surface area contributed by atoms with Crippen molar-refractivity contribution in [2.75, 3.05) is 28.4 Å². The van der Waals surface area contributed by atoms with Crippen molar-refractivity contribution in [3.8, 4) is 34.3 Å². The number of rotatable bonds is 12. The average molecular weight is 769 g/mol. The highest BCUT2D eigenvalue weighted by atomic mass is 16.5. The van der Waals surface area contributed by atoms with Gasteiger partial charge in [0.2, 0.25) is 0 Å². The van der Waals surface area contributed by atoms with Crippen LogP contribution in [-0.4, -0.2) is 60.3 Å². The molecule has 11 nitrogen and oxygen atoms in total. The highest BCUT2D eigenvalue weighted by molar-refractivity contribution is 6.16. The van der Waals surface area contributed by atoms with E-state index in [-0.39, 0.29) is 41.2 Å².